The highest BCUT2D eigenvalue weighted by Gasteiger charge is 2.59. The van der Waals surface area contributed by atoms with Crippen molar-refractivity contribution in [1.29, 1.82) is 0 Å². The monoisotopic (exact) mass is 288 g/mol. The van der Waals surface area contributed by atoms with E-state index < -0.39 is 0 Å². The fourth-order valence-electron chi connectivity index (χ4n) is 7.47. The Labute approximate surface area is 130 Å². The molecule has 4 fully saturated rings. The zero-order chi connectivity index (χ0) is 14.8. The van der Waals surface area contributed by atoms with Crippen molar-refractivity contribution in [1.82, 2.24) is 0 Å². The quantitative estimate of drug-likeness (QED) is 0.596. The Hall–Kier alpha value is -0.330. The molecule has 118 valence electrons. The maximum Gasteiger partial charge on any atom is 0.133 e. The summed E-state index contributed by atoms with van der Waals surface area (Å²) in [6.45, 7) is 7.54. The van der Waals surface area contributed by atoms with Crippen molar-refractivity contribution in [3.63, 3.8) is 0 Å². The fourth-order valence-corrected chi connectivity index (χ4v) is 7.47. The Morgan fingerprint density at radius 3 is 2.57 bits per heavy atom. The molecule has 4 saturated carbocycles. The predicted octanol–water partition coefficient (Wildman–Crippen LogP) is 5.23. The molecular formula is C20H32O. The smallest absolute Gasteiger partial charge is 0.133 e. The normalized spacial score (nSPS) is 56.5. The molecule has 6 unspecified atom stereocenters. The number of carbonyl (C=O) groups is 1. The molecule has 4 aliphatic rings. The molecule has 0 amide bonds. The molecule has 0 bridgehead atoms. The van der Waals surface area contributed by atoms with Crippen molar-refractivity contribution in [2.24, 2.45) is 40.4 Å². The maximum atomic E-state index is 12.1. The van der Waals surface area contributed by atoms with Gasteiger partial charge in [-0.3, -0.25) is 4.79 Å². The zero-order valence-electron chi connectivity index (χ0n) is 14.2. The van der Waals surface area contributed by atoms with Crippen LogP contribution >= 0.6 is 0 Å². The summed E-state index contributed by atoms with van der Waals surface area (Å²) in [5, 5.41) is 0. The third kappa shape index (κ3) is 1.85. The molecule has 0 aromatic heterocycles. The molecule has 1 heteroatoms. The van der Waals surface area contributed by atoms with E-state index in [2.05, 4.69) is 20.8 Å². The van der Waals surface area contributed by atoms with Gasteiger partial charge in [0, 0.05) is 12.8 Å². The summed E-state index contributed by atoms with van der Waals surface area (Å²) in [5.74, 6) is 4.74. The van der Waals surface area contributed by atoms with Gasteiger partial charge in [0.05, 0.1) is 0 Å². The third-order valence-corrected chi connectivity index (χ3v) is 8.82. The Balaban J connectivity index is 1.67. The van der Waals surface area contributed by atoms with Gasteiger partial charge in [0.2, 0.25) is 0 Å². The van der Waals surface area contributed by atoms with Crippen molar-refractivity contribution in [2.45, 2.75) is 78.6 Å². The summed E-state index contributed by atoms with van der Waals surface area (Å²) in [7, 11) is 0. The van der Waals surface area contributed by atoms with E-state index in [1.54, 1.807) is 0 Å². The number of ketones is 1. The number of Topliss-reactive ketones (excluding diaryl/α,β-unsaturated/α-hetero) is 1. The lowest BCUT2D eigenvalue weighted by atomic mass is 9.43. The van der Waals surface area contributed by atoms with E-state index >= 15 is 0 Å². The van der Waals surface area contributed by atoms with E-state index in [-0.39, 0.29) is 0 Å². The lowest BCUT2D eigenvalue weighted by Gasteiger charge is -2.61. The Kier molecular flexibility index (Phi) is 3.12. The second-order valence-corrected chi connectivity index (χ2v) is 9.45. The van der Waals surface area contributed by atoms with Crippen LogP contribution in [0.15, 0.2) is 0 Å². The van der Waals surface area contributed by atoms with Gasteiger partial charge in [0.25, 0.3) is 0 Å². The highest BCUT2D eigenvalue weighted by Crippen LogP contribution is 2.66. The minimum Gasteiger partial charge on any atom is -0.300 e. The lowest BCUT2D eigenvalue weighted by Crippen LogP contribution is -2.55. The molecule has 0 heterocycles. The van der Waals surface area contributed by atoms with Gasteiger partial charge in [-0.1, -0.05) is 27.2 Å². The van der Waals surface area contributed by atoms with Crippen molar-refractivity contribution in [3.05, 3.63) is 0 Å². The van der Waals surface area contributed by atoms with E-state index in [1.165, 1.54) is 44.9 Å². The summed E-state index contributed by atoms with van der Waals surface area (Å²) in [6.07, 6.45) is 11.9. The molecule has 0 N–H and O–H groups in total. The average Bonchev–Trinajstić information content (AvgIpc) is 2.82. The summed E-state index contributed by atoms with van der Waals surface area (Å²) in [6, 6.07) is 0. The Morgan fingerprint density at radius 2 is 1.76 bits per heavy atom. The van der Waals surface area contributed by atoms with Crippen LogP contribution in [0.3, 0.4) is 0 Å². The number of rotatable bonds is 0. The first kappa shape index (κ1) is 14.3. The van der Waals surface area contributed by atoms with Crippen LogP contribution in [-0.4, -0.2) is 5.78 Å². The van der Waals surface area contributed by atoms with E-state index in [9.17, 15) is 4.79 Å². The zero-order valence-corrected chi connectivity index (χ0v) is 14.2. The molecule has 21 heavy (non-hydrogen) atoms. The predicted molar refractivity (Wildman–Crippen MR) is 85.9 cm³/mol. The largest absolute Gasteiger partial charge is 0.300 e. The first-order valence-corrected chi connectivity index (χ1v) is 9.47. The number of fused-ring (bicyclic) bond motifs is 5. The van der Waals surface area contributed by atoms with Gasteiger partial charge in [-0.15, -0.1) is 0 Å². The second-order valence-electron chi connectivity index (χ2n) is 9.45. The van der Waals surface area contributed by atoms with Gasteiger partial charge in [0.1, 0.15) is 5.78 Å². The molecule has 0 aromatic rings. The van der Waals surface area contributed by atoms with Crippen LogP contribution in [0.1, 0.15) is 78.6 Å². The second kappa shape index (κ2) is 4.59. The van der Waals surface area contributed by atoms with Gasteiger partial charge < -0.3 is 0 Å². The van der Waals surface area contributed by atoms with Crippen LogP contribution in [-0.2, 0) is 4.79 Å². The summed E-state index contributed by atoms with van der Waals surface area (Å²) >= 11 is 0. The van der Waals surface area contributed by atoms with Crippen LogP contribution in [0.2, 0.25) is 0 Å². The van der Waals surface area contributed by atoms with Crippen LogP contribution in [0.5, 0.6) is 0 Å². The van der Waals surface area contributed by atoms with Crippen LogP contribution in [0.4, 0.5) is 0 Å². The van der Waals surface area contributed by atoms with Gasteiger partial charge in [0.15, 0.2) is 0 Å². The first-order chi connectivity index (χ1) is 9.95. The van der Waals surface area contributed by atoms with E-state index in [1.807, 2.05) is 0 Å². The molecule has 4 aliphatic carbocycles. The van der Waals surface area contributed by atoms with Crippen molar-refractivity contribution < 1.29 is 4.79 Å². The standard InChI is InChI=1S/C20H32O/c1-13-11-15(21)12-14-6-7-16-17-5-4-9-19(17,2)10-8-18(16)20(13,14)3/h13-14,16-18H,4-12H2,1-3H3/t13-,14?,16?,17?,18?,19?,20?/m0/s1. The topological polar surface area (TPSA) is 17.1 Å². The van der Waals surface area contributed by atoms with Crippen molar-refractivity contribution in [2.75, 3.05) is 0 Å². The van der Waals surface area contributed by atoms with Gasteiger partial charge >= 0.3 is 0 Å². The third-order valence-electron chi connectivity index (χ3n) is 8.82. The van der Waals surface area contributed by atoms with E-state index in [4.69, 9.17) is 0 Å². The first-order valence-electron chi connectivity index (χ1n) is 9.47. The molecule has 0 aliphatic heterocycles. The molecule has 0 saturated heterocycles. The highest BCUT2D eigenvalue weighted by atomic mass is 16.1. The molecule has 0 radical (unpaired) electrons. The number of hydrogen-bond donors (Lipinski definition) is 0. The SMILES string of the molecule is C[C@H]1CC(=O)CC2CCC3C4CCCC4(C)CCC3C21C. The van der Waals surface area contributed by atoms with Crippen LogP contribution < -0.4 is 0 Å². The number of hydrogen-bond acceptors (Lipinski definition) is 1. The van der Waals surface area contributed by atoms with Crippen LogP contribution in [0, 0.1) is 40.4 Å². The Bertz CT molecular complexity index is 455. The van der Waals surface area contributed by atoms with Gasteiger partial charge in [-0.2, -0.15) is 0 Å². The minimum absolute atomic E-state index is 0.459. The highest BCUT2D eigenvalue weighted by molar-refractivity contribution is 5.80. The molecule has 4 rings (SSSR count). The van der Waals surface area contributed by atoms with Crippen LogP contribution in [0.25, 0.3) is 0 Å². The van der Waals surface area contributed by atoms with Crippen molar-refractivity contribution >= 4 is 5.78 Å². The van der Waals surface area contributed by atoms with E-state index in [0.29, 0.717) is 28.4 Å². The molecule has 1 nitrogen and oxygen atoms in total. The van der Waals surface area contributed by atoms with E-state index in [0.717, 1.165) is 30.6 Å². The molecular weight excluding hydrogens is 256 g/mol. The lowest BCUT2D eigenvalue weighted by molar-refractivity contribution is -0.149. The minimum atomic E-state index is 0.459. The Morgan fingerprint density at radius 1 is 0.952 bits per heavy atom. The maximum absolute atomic E-state index is 12.1. The van der Waals surface area contributed by atoms with Crippen molar-refractivity contribution in [3.8, 4) is 0 Å². The molecule has 7 atom stereocenters. The number of carbonyl (C=O) groups excluding carboxylic acids is 1. The summed E-state index contributed by atoms with van der Waals surface area (Å²) in [4.78, 5) is 12.1. The molecule has 0 spiro atoms. The molecule has 0 aromatic carbocycles. The van der Waals surface area contributed by atoms with Gasteiger partial charge in [-0.25, -0.2) is 0 Å². The fraction of sp³-hybridized carbons (Fsp3) is 0.950. The summed E-state index contributed by atoms with van der Waals surface area (Å²) in [5.41, 5.74) is 1.12. The summed E-state index contributed by atoms with van der Waals surface area (Å²) < 4.78 is 0. The average molecular weight is 288 g/mol. The van der Waals surface area contributed by atoms with Gasteiger partial charge in [-0.05, 0) is 78.9 Å².